The van der Waals surface area contributed by atoms with E-state index < -0.39 is 17.0 Å². The van der Waals surface area contributed by atoms with Gasteiger partial charge in [-0.1, -0.05) is 0 Å². The summed E-state index contributed by atoms with van der Waals surface area (Å²) in [5.74, 6) is -0.504. The number of nitro groups is 1. The molecule has 1 aromatic rings. The first-order valence-electron chi connectivity index (χ1n) is 3.91. The van der Waals surface area contributed by atoms with E-state index >= 15 is 0 Å². The summed E-state index contributed by atoms with van der Waals surface area (Å²) in [6, 6.07) is 1.92. The number of nitro benzene ring substituents is 1. The van der Waals surface area contributed by atoms with E-state index in [1.165, 1.54) is 6.92 Å². The summed E-state index contributed by atoms with van der Waals surface area (Å²) in [7, 11) is 0. The van der Waals surface area contributed by atoms with Crippen molar-refractivity contribution >= 4 is 21.6 Å². The fourth-order valence-corrected chi connectivity index (χ4v) is 1.46. The quantitative estimate of drug-likeness (QED) is 0.620. The molecule has 1 rings (SSSR count). The van der Waals surface area contributed by atoms with Crippen molar-refractivity contribution in [3.63, 3.8) is 0 Å². The predicted molar refractivity (Wildman–Crippen MR) is 52.2 cm³/mol. The van der Waals surface area contributed by atoms with Crippen molar-refractivity contribution in [2.24, 2.45) is 0 Å². The maximum absolute atomic E-state index is 11.9. The van der Waals surface area contributed by atoms with E-state index in [9.17, 15) is 23.3 Å². The zero-order valence-electron chi connectivity index (χ0n) is 7.84. The molecule has 0 aliphatic heterocycles. The maximum atomic E-state index is 11.9. The van der Waals surface area contributed by atoms with E-state index in [0.29, 0.717) is 0 Å². The number of hydrogen-bond donors (Lipinski definition) is 0. The smallest absolute Gasteiger partial charge is 0.405 e. The van der Waals surface area contributed by atoms with Crippen LogP contribution < -0.4 is 4.74 Å². The van der Waals surface area contributed by atoms with Gasteiger partial charge in [0.2, 0.25) is 0 Å². The van der Waals surface area contributed by atoms with Crippen LogP contribution in [-0.4, -0.2) is 11.3 Å². The summed E-state index contributed by atoms with van der Waals surface area (Å²) >= 11 is 2.77. The fraction of sp³-hybridized carbons (Fsp3) is 0.250. The first-order chi connectivity index (χ1) is 7.20. The molecule has 0 spiro atoms. The minimum absolute atomic E-state index is 0.0902. The van der Waals surface area contributed by atoms with Crippen molar-refractivity contribution in [3.05, 3.63) is 32.3 Å². The summed E-state index contributed by atoms with van der Waals surface area (Å²) in [4.78, 5) is 9.81. The van der Waals surface area contributed by atoms with Crippen LogP contribution in [0.2, 0.25) is 0 Å². The third kappa shape index (κ3) is 3.09. The van der Waals surface area contributed by atoms with Crippen LogP contribution in [0.1, 0.15) is 5.56 Å². The van der Waals surface area contributed by atoms with E-state index in [4.69, 9.17) is 0 Å². The molecular weight excluding hydrogens is 295 g/mol. The summed E-state index contributed by atoms with van der Waals surface area (Å²) in [5.41, 5.74) is -0.186. The van der Waals surface area contributed by atoms with Crippen LogP contribution >= 0.6 is 15.9 Å². The molecule has 0 atom stereocenters. The lowest BCUT2D eigenvalue weighted by molar-refractivity contribution is -0.385. The van der Waals surface area contributed by atoms with Gasteiger partial charge in [0, 0.05) is 11.6 Å². The topological polar surface area (TPSA) is 52.4 Å². The van der Waals surface area contributed by atoms with Crippen LogP contribution in [0.15, 0.2) is 16.6 Å². The van der Waals surface area contributed by atoms with Gasteiger partial charge in [0.25, 0.3) is 5.69 Å². The van der Waals surface area contributed by atoms with Crippen LogP contribution in [0, 0.1) is 17.0 Å². The van der Waals surface area contributed by atoms with E-state index in [1.807, 2.05) is 0 Å². The number of nitrogens with zero attached hydrogens (tertiary/aromatic N) is 1. The minimum Gasteiger partial charge on any atom is -0.405 e. The second kappa shape index (κ2) is 4.28. The van der Waals surface area contributed by atoms with Gasteiger partial charge in [-0.3, -0.25) is 10.1 Å². The van der Waals surface area contributed by atoms with Gasteiger partial charge >= 0.3 is 6.36 Å². The largest absolute Gasteiger partial charge is 0.573 e. The van der Waals surface area contributed by atoms with Gasteiger partial charge in [0.1, 0.15) is 5.75 Å². The highest BCUT2D eigenvalue weighted by atomic mass is 79.9. The summed E-state index contributed by atoms with van der Waals surface area (Å²) < 4.78 is 39.4. The Morgan fingerprint density at radius 3 is 2.44 bits per heavy atom. The SMILES string of the molecule is Cc1cc(OC(F)(F)F)c(Br)cc1[N+](=O)[O-]. The summed E-state index contributed by atoms with van der Waals surface area (Å²) in [5, 5.41) is 10.5. The highest BCUT2D eigenvalue weighted by Gasteiger charge is 2.32. The molecule has 4 nitrogen and oxygen atoms in total. The molecule has 0 saturated carbocycles. The van der Waals surface area contributed by atoms with Gasteiger partial charge in [-0.05, 0) is 28.9 Å². The Bertz CT molecular complexity index is 433. The lowest BCUT2D eigenvalue weighted by Crippen LogP contribution is -2.17. The van der Waals surface area contributed by atoms with Gasteiger partial charge in [-0.15, -0.1) is 13.2 Å². The number of rotatable bonds is 2. The Labute approximate surface area is 96.3 Å². The molecule has 0 fully saturated rings. The molecule has 16 heavy (non-hydrogen) atoms. The van der Waals surface area contributed by atoms with Gasteiger partial charge in [0.05, 0.1) is 9.40 Å². The molecule has 0 saturated heterocycles. The van der Waals surface area contributed by atoms with E-state index in [-0.39, 0.29) is 15.7 Å². The van der Waals surface area contributed by atoms with Crippen molar-refractivity contribution in [2.75, 3.05) is 0 Å². The lowest BCUT2D eigenvalue weighted by Gasteiger charge is -2.11. The number of halogens is 4. The molecule has 0 bridgehead atoms. The van der Waals surface area contributed by atoms with Crippen molar-refractivity contribution in [1.82, 2.24) is 0 Å². The first kappa shape index (κ1) is 12.8. The molecule has 88 valence electrons. The van der Waals surface area contributed by atoms with Gasteiger partial charge < -0.3 is 4.74 Å². The highest BCUT2D eigenvalue weighted by molar-refractivity contribution is 9.10. The molecule has 0 aliphatic rings. The van der Waals surface area contributed by atoms with Gasteiger partial charge in [-0.25, -0.2) is 0 Å². The van der Waals surface area contributed by atoms with Crippen LogP contribution in [0.4, 0.5) is 18.9 Å². The number of alkyl halides is 3. The molecule has 8 heteroatoms. The molecule has 1 aromatic carbocycles. The second-order valence-corrected chi connectivity index (χ2v) is 3.73. The monoisotopic (exact) mass is 299 g/mol. The average molecular weight is 300 g/mol. The van der Waals surface area contributed by atoms with Crippen molar-refractivity contribution in [3.8, 4) is 5.75 Å². The van der Waals surface area contributed by atoms with Gasteiger partial charge in [0.15, 0.2) is 0 Å². The number of ether oxygens (including phenoxy) is 1. The fourth-order valence-electron chi connectivity index (χ4n) is 1.04. The molecule has 0 N–H and O–H groups in total. The Kier molecular flexibility index (Phi) is 3.41. The lowest BCUT2D eigenvalue weighted by atomic mass is 10.2. The second-order valence-electron chi connectivity index (χ2n) is 2.87. The molecular formula is C8H5BrF3NO3. The molecule has 0 radical (unpaired) electrons. The van der Waals surface area contributed by atoms with Crippen molar-refractivity contribution in [1.29, 1.82) is 0 Å². The first-order valence-corrected chi connectivity index (χ1v) is 4.70. The number of benzene rings is 1. The van der Waals surface area contributed by atoms with Crippen molar-refractivity contribution in [2.45, 2.75) is 13.3 Å². The Balaban J connectivity index is 3.16. The third-order valence-corrected chi connectivity index (χ3v) is 2.29. The molecule has 0 aromatic heterocycles. The average Bonchev–Trinajstić information content (AvgIpc) is 2.07. The molecule has 0 aliphatic carbocycles. The zero-order chi connectivity index (χ0) is 12.5. The summed E-state index contributed by atoms with van der Waals surface area (Å²) in [6.45, 7) is 1.33. The standard InChI is InChI=1S/C8H5BrF3NO3/c1-4-2-7(16-8(10,11)12)5(9)3-6(4)13(14)15/h2-3H,1H3. The predicted octanol–water partition coefficient (Wildman–Crippen LogP) is 3.56. The highest BCUT2D eigenvalue weighted by Crippen LogP contribution is 2.35. The van der Waals surface area contributed by atoms with E-state index in [2.05, 4.69) is 20.7 Å². The molecule has 0 amide bonds. The molecule has 0 unspecified atom stereocenters. The van der Waals surface area contributed by atoms with Crippen LogP contribution in [-0.2, 0) is 0 Å². The van der Waals surface area contributed by atoms with E-state index in [1.54, 1.807) is 0 Å². The Hall–Kier alpha value is -1.31. The van der Waals surface area contributed by atoms with Crippen LogP contribution in [0.3, 0.4) is 0 Å². The van der Waals surface area contributed by atoms with Gasteiger partial charge in [-0.2, -0.15) is 0 Å². The van der Waals surface area contributed by atoms with E-state index in [0.717, 1.165) is 12.1 Å². The third-order valence-electron chi connectivity index (χ3n) is 1.67. The van der Waals surface area contributed by atoms with Crippen LogP contribution in [0.5, 0.6) is 5.75 Å². The zero-order valence-corrected chi connectivity index (χ0v) is 9.42. The van der Waals surface area contributed by atoms with Crippen molar-refractivity contribution < 1.29 is 22.8 Å². The number of aryl methyl sites for hydroxylation is 1. The van der Waals surface area contributed by atoms with Crippen LogP contribution in [0.25, 0.3) is 0 Å². The normalized spacial score (nSPS) is 11.3. The minimum atomic E-state index is -4.83. The maximum Gasteiger partial charge on any atom is 0.573 e. The Morgan fingerprint density at radius 1 is 1.44 bits per heavy atom. The summed E-state index contributed by atoms with van der Waals surface area (Å²) in [6.07, 6.45) is -4.83. The Morgan fingerprint density at radius 2 is 2.00 bits per heavy atom. The molecule has 0 heterocycles. The number of hydrogen-bond acceptors (Lipinski definition) is 3.